The molecule has 1 aromatic heterocycles. The molecule has 112 valence electrons. The zero-order valence-electron chi connectivity index (χ0n) is 12.0. The minimum atomic E-state index is -0.558. The summed E-state index contributed by atoms with van der Waals surface area (Å²) in [7, 11) is 2.81. The molecule has 0 bridgehead atoms. The van der Waals surface area contributed by atoms with Crippen molar-refractivity contribution in [2.75, 3.05) is 14.2 Å². The first-order valence-electron chi connectivity index (χ1n) is 6.26. The molecule has 0 spiro atoms. The number of rotatable bonds is 5. The van der Waals surface area contributed by atoms with Crippen LogP contribution >= 0.6 is 0 Å². The number of nitriles is 1. The highest BCUT2D eigenvalue weighted by molar-refractivity contribution is 5.93. The summed E-state index contributed by atoms with van der Waals surface area (Å²) >= 11 is 0. The van der Waals surface area contributed by atoms with Gasteiger partial charge in [-0.1, -0.05) is 0 Å². The highest BCUT2D eigenvalue weighted by Gasteiger charge is 2.22. The number of nitro groups is 1. The first-order valence-corrected chi connectivity index (χ1v) is 6.26. The van der Waals surface area contributed by atoms with Crippen molar-refractivity contribution in [3.8, 4) is 17.6 Å². The monoisotopic (exact) mass is 299 g/mol. The third kappa shape index (κ3) is 2.91. The summed E-state index contributed by atoms with van der Waals surface area (Å²) in [4.78, 5) is 13.6. The second kappa shape index (κ2) is 6.45. The number of hydrogen-bond donors (Lipinski definition) is 1. The number of nitrogens with one attached hydrogen (secondary N) is 1. The van der Waals surface area contributed by atoms with Gasteiger partial charge in [0.05, 0.1) is 36.3 Å². The van der Waals surface area contributed by atoms with E-state index < -0.39 is 4.92 Å². The van der Waals surface area contributed by atoms with Crippen LogP contribution in [0.25, 0.3) is 11.6 Å². The molecule has 0 atom stereocenters. The number of aromatic amines is 1. The summed E-state index contributed by atoms with van der Waals surface area (Å²) in [6, 6.07) is 8.17. The third-order valence-electron chi connectivity index (χ3n) is 3.03. The average Bonchev–Trinajstić information content (AvgIpc) is 3.04. The molecule has 7 heteroatoms. The van der Waals surface area contributed by atoms with Crippen LogP contribution in [0.3, 0.4) is 0 Å². The number of nitrogens with zero attached hydrogens (tertiary/aromatic N) is 2. The summed E-state index contributed by atoms with van der Waals surface area (Å²) < 4.78 is 10.2. The van der Waals surface area contributed by atoms with E-state index in [1.807, 2.05) is 6.07 Å². The van der Waals surface area contributed by atoms with Crippen LogP contribution in [-0.4, -0.2) is 24.1 Å². The molecule has 0 saturated heterocycles. The van der Waals surface area contributed by atoms with Crippen LogP contribution < -0.4 is 9.47 Å². The normalized spacial score (nSPS) is 10.9. The quantitative estimate of drug-likeness (QED) is 0.519. The molecule has 0 aliphatic rings. The Labute approximate surface area is 126 Å². The smallest absolute Gasteiger partial charge is 0.281 e. The number of allylic oxidation sites excluding steroid dienone is 1. The van der Waals surface area contributed by atoms with Gasteiger partial charge in [-0.3, -0.25) is 10.1 Å². The van der Waals surface area contributed by atoms with Crippen molar-refractivity contribution in [2.45, 2.75) is 0 Å². The van der Waals surface area contributed by atoms with Crippen molar-refractivity contribution >= 4 is 17.3 Å². The Morgan fingerprint density at radius 1 is 1.36 bits per heavy atom. The van der Waals surface area contributed by atoms with Crippen molar-refractivity contribution < 1.29 is 14.4 Å². The van der Waals surface area contributed by atoms with Crippen molar-refractivity contribution in [1.29, 1.82) is 5.26 Å². The molecular weight excluding hydrogens is 286 g/mol. The molecule has 1 aromatic carbocycles. The van der Waals surface area contributed by atoms with E-state index in [1.165, 1.54) is 32.4 Å². The maximum atomic E-state index is 11.3. The number of benzene rings is 1. The average molecular weight is 299 g/mol. The van der Waals surface area contributed by atoms with Crippen LogP contribution in [0.5, 0.6) is 11.5 Å². The molecule has 2 rings (SSSR count). The van der Waals surface area contributed by atoms with Gasteiger partial charge >= 0.3 is 0 Å². The molecule has 1 heterocycles. The molecule has 1 N–H and O–H groups in total. The van der Waals surface area contributed by atoms with Crippen LogP contribution in [0.15, 0.2) is 30.5 Å². The second-order valence-corrected chi connectivity index (χ2v) is 4.28. The maximum absolute atomic E-state index is 11.3. The van der Waals surface area contributed by atoms with E-state index in [4.69, 9.17) is 9.47 Å². The SMILES string of the molecule is COc1cc(/C(C#N)=C\c2ccc[nH]2)c([N+](=O)[O-])cc1OC. The number of H-pyrrole nitrogens is 1. The Balaban J connectivity index is 2.66. The fourth-order valence-corrected chi connectivity index (χ4v) is 1.99. The molecule has 0 aliphatic heterocycles. The molecule has 0 amide bonds. The number of ether oxygens (including phenoxy) is 2. The first kappa shape index (κ1) is 15.1. The van der Waals surface area contributed by atoms with Crippen molar-refractivity contribution in [3.05, 3.63) is 51.8 Å². The van der Waals surface area contributed by atoms with Crippen molar-refractivity contribution in [1.82, 2.24) is 4.98 Å². The number of methoxy groups -OCH3 is 2. The van der Waals surface area contributed by atoms with Crippen LogP contribution in [0.2, 0.25) is 0 Å². The lowest BCUT2D eigenvalue weighted by molar-refractivity contribution is -0.385. The molecule has 0 radical (unpaired) electrons. The fraction of sp³-hybridized carbons (Fsp3) is 0.133. The largest absolute Gasteiger partial charge is 0.493 e. The molecule has 2 aromatic rings. The van der Waals surface area contributed by atoms with E-state index in [0.29, 0.717) is 11.4 Å². The summed E-state index contributed by atoms with van der Waals surface area (Å²) in [5.74, 6) is 0.547. The van der Waals surface area contributed by atoms with E-state index in [1.54, 1.807) is 18.3 Å². The Bertz CT molecular complexity index is 758. The predicted molar refractivity (Wildman–Crippen MR) is 80.5 cm³/mol. The molecule has 0 aliphatic carbocycles. The van der Waals surface area contributed by atoms with E-state index in [2.05, 4.69) is 4.98 Å². The minimum Gasteiger partial charge on any atom is -0.493 e. The highest BCUT2D eigenvalue weighted by Crippen LogP contribution is 2.37. The molecule has 0 saturated carbocycles. The van der Waals surface area contributed by atoms with Crippen LogP contribution in [0.1, 0.15) is 11.3 Å². The van der Waals surface area contributed by atoms with Crippen molar-refractivity contribution in [2.24, 2.45) is 0 Å². The summed E-state index contributed by atoms with van der Waals surface area (Å²) in [5.41, 5.74) is 0.757. The molecule has 0 unspecified atom stereocenters. The van der Waals surface area contributed by atoms with Gasteiger partial charge in [0, 0.05) is 11.9 Å². The summed E-state index contributed by atoms with van der Waals surface area (Å²) in [5, 5.41) is 20.6. The number of aromatic nitrogens is 1. The molecule has 7 nitrogen and oxygen atoms in total. The number of nitro benzene ring substituents is 1. The lowest BCUT2D eigenvalue weighted by atomic mass is 10.0. The van der Waals surface area contributed by atoms with Gasteiger partial charge in [-0.05, 0) is 24.3 Å². The lowest BCUT2D eigenvalue weighted by Gasteiger charge is -2.10. The van der Waals surface area contributed by atoms with Gasteiger partial charge in [-0.2, -0.15) is 5.26 Å². The topological polar surface area (TPSA) is 101 Å². The Morgan fingerprint density at radius 3 is 2.55 bits per heavy atom. The van der Waals surface area contributed by atoms with Gasteiger partial charge in [0.25, 0.3) is 5.69 Å². The summed E-state index contributed by atoms with van der Waals surface area (Å²) in [6.07, 6.45) is 3.23. The van der Waals surface area contributed by atoms with Gasteiger partial charge in [0.2, 0.25) is 0 Å². The van der Waals surface area contributed by atoms with Gasteiger partial charge in [-0.15, -0.1) is 0 Å². The van der Waals surface area contributed by atoms with E-state index in [9.17, 15) is 15.4 Å². The van der Waals surface area contributed by atoms with E-state index >= 15 is 0 Å². The van der Waals surface area contributed by atoms with Crippen LogP contribution in [0.4, 0.5) is 5.69 Å². The Hall–Kier alpha value is -3.27. The van der Waals surface area contributed by atoms with Gasteiger partial charge < -0.3 is 14.5 Å². The fourth-order valence-electron chi connectivity index (χ4n) is 1.99. The van der Waals surface area contributed by atoms with Crippen LogP contribution in [-0.2, 0) is 0 Å². The molecule has 22 heavy (non-hydrogen) atoms. The Kier molecular flexibility index (Phi) is 4.44. The maximum Gasteiger partial charge on any atom is 0.281 e. The molecule has 0 fully saturated rings. The van der Waals surface area contributed by atoms with E-state index in [-0.39, 0.29) is 22.6 Å². The minimum absolute atomic E-state index is 0.148. The van der Waals surface area contributed by atoms with E-state index in [0.717, 1.165) is 0 Å². The standard InChI is InChI=1S/C15H13N3O4/c1-21-14-7-12(13(18(19)20)8-15(14)22-2)10(9-16)6-11-4-3-5-17-11/h3-8,17H,1-2H3/b10-6-. The Morgan fingerprint density at radius 2 is 2.05 bits per heavy atom. The summed E-state index contributed by atoms with van der Waals surface area (Å²) in [6.45, 7) is 0. The van der Waals surface area contributed by atoms with Gasteiger partial charge in [0.15, 0.2) is 11.5 Å². The van der Waals surface area contributed by atoms with Crippen molar-refractivity contribution in [3.63, 3.8) is 0 Å². The zero-order chi connectivity index (χ0) is 16.1. The highest BCUT2D eigenvalue weighted by atomic mass is 16.6. The van der Waals surface area contributed by atoms with Crippen LogP contribution in [0, 0.1) is 21.4 Å². The van der Waals surface area contributed by atoms with Gasteiger partial charge in [-0.25, -0.2) is 0 Å². The molecular formula is C15H13N3O4. The van der Waals surface area contributed by atoms with Gasteiger partial charge in [0.1, 0.15) is 6.07 Å². The third-order valence-corrected chi connectivity index (χ3v) is 3.03. The predicted octanol–water partition coefficient (Wildman–Crippen LogP) is 3.00. The first-order chi connectivity index (χ1) is 10.6. The lowest BCUT2D eigenvalue weighted by Crippen LogP contribution is -1.98. The second-order valence-electron chi connectivity index (χ2n) is 4.28. The zero-order valence-corrected chi connectivity index (χ0v) is 12.0. The number of hydrogen-bond acceptors (Lipinski definition) is 5.